The molecule has 1 aromatic heterocycles. The molecule has 1 rings (SSSR count). The summed E-state index contributed by atoms with van der Waals surface area (Å²) in [7, 11) is 0. The number of nitrogens with two attached hydrogens (primary N) is 1. The molecule has 7 nitrogen and oxygen atoms in total. The monoisotopic (exact) mass is 171 g/mol. The first kappa shape index (κ1) is 8.47. The Morgan fingerprint density at radius 3 is 3.00 bits per heavy atom. The average molecular weight is 171 g/mol. The molecule has 12 heavy (non-hydrogen) atoms. The first-order chi connectivity index (χ1) is 5.72. The molecule has 7 heteroatoms. The van der Waals surface area contributed by atoms with E-state index in [0.717, 1.165) is 0 Å². The van der Waals surface area contributed by atoms with E-state index in [2.05, 4.69) is 20.0 Å². The molecule has 0 aliphatic heterocycles. The Kier molecular flexibility index (Phi) is 2.59. The van der Waals surface area contributed by atoms with Gasteiger partial charge in [0.1, 0.15) is 0 Å². The Morgan fingerprint density at radius 2 is 2.50 bits per heavy atom. The molecule has 0 unspecified atom stereocenters. The van der Waals surface area contributed by atoms with Crippen LogP contribution in [0.2, 0.25) is 0 Å². The third kappa shape index (κ3) is 2.20. The fraction of sp³-hybridized carbons (Fsp3) is 0.400. The van der Waals surface area contributed by atoms with Gasteiger partial charge in [-0.2, -0.15) is 4.98 Å². The number of aryl methyl sites for hydroxylation is 1. The van der Waals surface area contributed by atoms with Crippen molar-refractivity contribution in [1.29, 1.82) is 0 Å². The smallest absolute Gasteiger partial charge is 0.329 e. The molecule has 0 aromatic carbocycles. The van der Waals surface area contributed by atoms with E-state index in [1.165, 1.54) is 0 Å². The van der Waals surface area contributed by atoms with Crippen LogP contribution in [0, 0.1) is 6.92 Å². The van der Waals surface area contributed by atoms with Crippen LogP contribution in [-0.2, 0) is 6.54 Å². The summed E-state index contributed by atoms with van der Waals surface area (Å²) in [5.74, 6) is 5.69. The van der Waals surface area contributed by atoms with E-state index in [4.69, 9.17) is 5.84 Å². The average Bonchev–Trinajstić information content (AvgIpc) is 2.47. The standard InChI is InChI=1S/C5H9N5O2/c1-3-8-4(10-12-3)2-7-5(11)9-6/h2,6H2,1H3,(H2,7,9,11). The van der Waals surface area contributed by atoms with Crippen LogP contribution in [0.25, 0.3) is 0 Å². The van der Waals surface area contributed by atoms with E-state index >= 15 is 0 Å². The Labute approximate surface area is 68.3 Å². The summed E-state index contributed by atoms with van der Waals surface area (Å²) in [6.07, 6.45) is 0. The van der Waals surface area contributed by atoms with Crippen molar-refractivity contribution in [2.75, 3.05) is 0 Å². The van der Waals surface area contributed by atoms with Gasteiger partial charge in [-0.3, -0.25) is 5.43 Å². The zero-order valence-electron chi connectivity index (χ0n) is 6.50. The summed E-state index contributed by atoms with van der Waals surface area (Å²) in [4.78, 5) is 14.4. The molecule has 0 saturated heterocycles. The van der Waals surface area contributed by atoms with Gasteiger partial charge in [0.25, 0.3) is 0 Å². The van der Waals surface area contributed by atoms with Crippen molar-refractivity contribution in [3.63, 3.8) is 0 Å². The molecule has 0 radical (unpaired) electrons. The number of urea groups is 1. The van der Waals surface area contributed by atoms with E-state index in [-0.39, 0.29) is 6.54 Å². The maximum Gasteiger partial charge on any atom is 0.329 e. The minimum absolute atomic E-state index is 0.195. The van der Waals surface area contributed by atoms with Crippen molar-refractivity contribution in [2.24, 2.45) is 5.84 Å². The lowest BCUT2D eigenvalue weighted by Gasteiger charge is -1.98. The van der Waals surface area contributed by atoms with Crippen molar-refractivity contribution in [2.45, 2.75) is 13.5 Å². The van der Waals surface area contributed by atoms with Gasteiger partial charge >= 0.3 is 6.03 Å². The number of hydrogen-bond donors (Lipinski definition) is 3. The van der Waals surface area contributed by atoms with Crippen LogP contribution in [-0.4, -0.2) is 16.2 Å². The summed E-state index contributed by atoms with van der Waals surface area (Å²) >= 11 is 0. The van der Waals surface area contributed by atoms with Gasteiger partial charge in [0.15, 0.2) is 5.82 Å². The topological polar surface area (TPSA) is 106 Å². The Balaban J connectivity index is 2.38. The molecule has 0 fully saturated rings. The van der Waals surface area contributed by atoms with Gasteiger partial charge in [-0.1, -0.05) is 5.16 Å². The van der Waals surface area contributed by atoms with Crippen LogP contribution in [0.5, 0.6) is 0 Å². The van der Waals surface area contributed by atoms with E-state index in [1.807, 2.05) is 5.43 Å². The highest BCUT2D eigenvalue weighted by Gasteiger charge is 2.02. The number of rotatable bonds is 2. The van der Waals surface area contributed by atoms with E-state index in [0.29, 0.717) is 11.7 Å². The minimum Gasteiger partial charge on any atom is -0.340 e. The Bertz CT molecular complexity index is 271. The zero-order valence-corrected chi connectivity index (χ0v) is 6.50. The quantitative estimate of drug-likeness (QED) is 0.302. The van der Waals surface area contributed by atoms with Gasteiger partial charge in [0.05, 0.1) is 6.54 Å². The zero-order chi connectivity index (χ0) is 8.97. The van der Waals surface area contributed by atoms with Gasteiger partial charge in [-0.25, -0.2) is 10.6 Å². The second-order valence-corrected chi connectivity index (χ2v) is 2.06. The van der Waals surface area contributed by atoms with Gasteiger partial charge < -0.3 is 9.84 Å². The van der Waals surface area contributed by atoms with E-state index < -0.39 is 6.03 Å². The number of amides is 2. The second-order valence-electron chi connectivity index (χ2n) is 2.06. The van der Waals surface area contributed by atoms with Crippen molar-refractivity contribution in [1.82, 2.24) is 20.9 Å². The number of aromatic nitrogens is 2. The van der Waals surface area contributed by atoms with Crippen LogP contribution in [0.1, 0.15) is 11.7 Å². The lowest BCUT2D eigenvalue weighted by molar-refractivity contribution is 0.240. The van der Waals surface area contributed by atoms with E-state index in [9.17, 15) is 4.79 Å². The van der Waals surface area contributed by atoms with Crippen LogP contribution >= 0.6 is 0 Å². The molecule has 2 amide bonds. The summed E-state index contributed by atoms with van der Waals surface area (Å²) in [5.41, 5.74) is 1.91. The lowest BCUT2D eigenvalue weighted by atomic mass is 10.6. The molecular weight excluding hydrogens is 162 g/mol. The van der Waals surface area contributed by atoms with Crippen molar-refractivity contribution in [3.05, 3.63) is 11.7 Å². The molecular formula is C5H9N5O2. The summed E-state index contributed by atoms with van der Waals surface area (Å²) in [6, 6.07) is -0.488. The number of carbonyl (C=O) groups excluding carboxylic acids is 1. The highest BCUT2D eigenvalue weighted by atomic mass is 16.5. The van der Waals surface area contributed by atoms with Crippen molar-refractivity contribution in [3.8, 4) is 0 Å². The number of hydrazine groups is 1. The number of nitrogens with one attached hydrogen (secondary N) is 2. The van der Waals surface area contributed by atoms with E-state index in [1.54, 1.807) is 6.92 Å². The second kappa shape index (κ2) is 3.67. The molecule has 1 heterocycles. The van der Waals surface area contributed by atoms with Crippen LogP contribution in [0.4, 0.5) is 4.79 Å². The fourth-order valence-electron chi connectivity index (χ4n) is 0.623. The summed E-state index contributed by atoms with van der Waals surface area (Å²) in [6.45, 7) is 1.86. The maximum atomic E-state index is 10.6. The molecule has 0 saturated carbocycles. The van der Waals surface area contributed by atoms with Crippen molar-refractivity contribution < 1.29 is 9.32 Å². The predicted molar refractivity (Wildman–Crippen MR) is 38.6 cm³/mol. The van der Waals surface area contributed by atoms with Gasteiger partial charge in [0, 0.05) is 6.92 Å². The highest BCUT2D eigenvalue weighted by molar-refractivity contribution is 5.72. The number of hydrogen-bond acceptors (Lipinski definition) is 5. The Hall–Kier alpha value is -1.63. The predicted octanol–water partition coefficient (Wildman–Crippen LogP) is -0.949. The molecule has 0 spiro atoms. The molecule has 0 atom stereocenters. The normalized spacial score (nSPS) is 9.50. The van der Waals surface area contributed by atoms with Crippen molar-refractivity contribution >= 4 is 6.03 Å². The third-order valence-corrected chi connectivity index (χ3v) is 1.11. The van der Waals surface area contributed by atoms with Gasteiger partial charge in [-0.15, -0.1) is 0 Å². The first-order valence-electron chi connectivity index (χ1n) is 3.26. The number of carbonyl (C=O) groups is 1. The third-order valence-electron chi connectivity index (χ3n) is 1.11. The van der Waals surface area contributed by atoms with Gasteiger partial charge in [0.2, 0.25) is 5.89 Å². The fourth-order valence-corrected chi connectivity index (χ4v) is 0.623. The summed E-state index contributed by atoms with van der Waals surface area (Å²) in [5, 5.41) is 5.95. The molecule has 0 aliphatic carbocycles. The largest absolute Gasteiger partial charge is 0.340 e. The molecule has 0 aliphatic rings. The van der Waals surface area contributed by atoms with Crippen LogP contribution < -0.4 is 16.6 Å². The SMILES string of the molecule is Cc1nc(CNC(=O)NN)no1. The molecule has 0 bridgehead atoms. The summed E-state index contributed by atoms with van der Waals surface area (Å²) < 4.78 is 4.67. The van der Waals surface area contributed by atoms with Crippen LogP contribution in [0.3, 0.4) is 0 Å². The molecule has 1 aromatic rings. The maximum absolute atomic E-state index is 10.6. The first-order valence-corrected chi connectivity index (χ1v) is 3.26. The van der Waals surface area contributed by atoms with Gasteiger partial charge in [-0.05, 0) is 0 Å². The highest BCUT2D eigenvalue weighted by Crippen LogP contribution is 1.92. The molecule has 66 valence electrons. The minimum atomic E-state index is -0.488. The van der Waals surface area contributed by atoms with Crippen LogP contribution in [0.15, 0.2) is 4.52 Å². The number of nitrogens with zero attached hydrogens (tertiary/aromatic N) is 2. The lowest BCUT2D eigenvalue weighted by Crippen LogP contribution is -2.39. The Morgan fingerprint density at radius 1 is 1.75 bits per heavy atom. The molecule has 4 N–H and O–H groups in total.